The highest BCUT2D eigenvalue weighted by Crippen LogP contribution is 2.20. The van der Waals surface area contributed by atoms with Crippen LogP contribution in [-0.2, 0) is 11.3 Å². The second-order valence-corrected chi connectivity index (χ2v) is 4.47. The molecule has 0 fully saturated rings. The fourth-order valence-corrected chi connectivity index (χ4v) is 1.50. The summed E-state index contributed by atoms with van der Waals surface area (Å²) in [4.78, 5) is 11.4. The molecule has 3 N–H and O–H groups in total. The molecular formula is C14H23ClN2O2. The Hall–Kier alpha value is -1.26. The monoisotopic (exact) mass is 286 g/mol. The van der Waals surface area contributed by atoms with Gasteiger partial charge < -0.3 is 15.8 Å². The van der Waals surface area contributed by atoms with E-state index in [-0.39, 0.29) is 18.3 Å². The molecule has 0 aliphatic carbocycles. The molecule has 4 nitrogen and oxygen atoms in total. The van der Waals surface area contributed by atoms with E-state index in [2.05, 4.69) is 12.2 Å². The Morgan fingerprint density at radius 3 is 2.74 bits per heavy atom. The summed E-state index contributed by atoms with van der Waals surface area (Å²) in [6.07, 6.45) is 0.958. The molecule has 0 unspecified atom stereocenters. The molecule has 108 valence electrons. The topological polar surface area (TPSA) is 64.3 Å². The maximum Gasteiger partial charge on any atom is 0.236 e. The summed E-state index contributed by atoms with van der Waals surface area (Å²) in [5.74, 6) is 0.679. The van der Waals surface area contributed by atoms with Crippen LogP contribution in [0, 0.1) is 6.92 Å². The lowest BCUT2D eigenvalue weighted by Gasteiger charge is -2.13. The Labute approximate surface area is 121 Å². The molecule has 1 aromatic rings. The molecule has 0 radical (unpaired) electrons. The predicted octanol–water partition coefficient (Wildman–Crippen LogP) is 2.17. The normalized spacial score (nSPS) is 11.4. The quantitative estimate of drug-likeness (QED) is 0.842. The van der Waals surface area contributed by atoms with Crippen LogP contribution in [0.2, 0.25) is 0 Å². The van der Waals surface area contributed by atoms with Crippen LogP contribution in [0.5, 0.6) is 5.75 Å². The first-order valence-electron chi connectivity index (χ1n) is 6.30. The van der Waals surface area contributed by atoms with Gasteiger partial charge in [0.15, 0.2) is 0 Å². The van der Waals surface area contributed by atoms with Gasteiger partial charge in [-0.15, -0.1) is 12.4 Å². The number of rotatable bonds is 6. The number of benzene rings is 1. The average molecular weight is 287 g/mol. The minimum Gasteiger partial charge on any atom is -0.493 e. The molecule has 1 rings (SSSR count). The number of nitrogens with one attached hydrogen (secondary N) is 1. The first kappa shape index (κ1) is 17.7. The van der Waals surface area contributed by atoms with E-state index in [1.807, 2.05) is 25.1 Å². The molecule has 1 atom stereocenters. The van der Waals surface area contributed by atoms with E-state index >= 15 is 0 Å². The van der Waals surface area contributed by atoms with Crippen molar-refractivity contribution in [2.45, 2.75) is 39.8 Å². The van der Waals surface area contributed by atoms with Crippen molar-refractivity contribution in [3.05, 3.63) is 29.3 Å². The third-order valence-electron chi connectivity index (χ3n) is 2.55. The van der Waals surface area contributed by atoms with Crippen molar-refractivity contribution >= 4 is 18.3 Å². The van der Waals surface area contributed by atoms with Crippen molar-refractivity contribution in [1.82, 2.24) is 5.32 Å². The fraction of sp³-hybridized carbons (Fsp3) is 0.500. The van der Waals surface area contributed by atoms with Crippen LogP contribution in [0.1, 0.15) is 31.4 Å². The molecule has 0 aliphatic rings. The number of halogens is 1. The highest BCUT2D eigenvalue weighted by atomic mass is 35.5. The summed E-state index contributed by atoms with van der Waals surface area (Å²) < 4.78 is 5.68. The zero-order chi connectivity index (χ0) is 13.5. The van der Waals surface area contributed by atoms with Gasteiger partial charge in [-0.2, -0.15) is 0 Å². The van der Waals surface area contributed by atoms with Gasteiger partial charge in [0.25, 0.3) is 0 Å². The van der Waals surface area contributed by atoms with Gasteiger partial charge in [-0.3, -0.25) is 4.79 Å². The van der Waals surface area contributed by atoms with Gasteiger partial charge in [-0.1, -0.05) is 19.1 Å². The largest absolute Gasteiger partial charge is 0.493 e. The zero-order valence-electron chi connectivity index (χ0n) is 11.7. The molecule has 5 heteroatoms. The van der Waals surface area contributed by atoms with Gasteiger partial charge in [-0.25, -0.2) is 0 Å². The summed E-state index contributed by atoms with van der Waals surface area (Å²) in [6, 6.07) is 5.48. The van der Waals surface area contributed by atoms with E-state index in [1.54, 1.807) is 6.92 Å². The molecule has 0 aliphatic heterocycles. The van der Waals surface area contributed by atoms with Crippen LogP contribution in [0.4, 0.5) is 0 Å². The molecule has 0 aromatic heterocycles. The Kier molecular flexibility index (Phi) is 8.19. The summed E-state index contributed by atoms with van der Waals surface area (Å²) in [7, 11) is 0. The van der Waals surface area contributed by atoms with Gasteiger partial charge in [-0.05, 0) is 31.9 Å². The smallest absolute Gasteiger partial charge is 0.236 e. The Morgan fingerprint density at radius 2 is 2.16 bits per heavy atom. The van der Waals surface area contributed by atoms with Crippen molar-refractivity contribution in [2.75, 3.05) is 6.61 Å². The third-order valence-corrected chi connectivity index (χ3v) is 2.55. The van der Waals surface area contributed by atoms with Crippen molar-refractivity contribution in [2.24, 2.45) is 5.73 Å². The van der Waals surface area contributed by atoms with E-state index in [9.17, 15) is 4.79 Å². The van der Waals surface area contributed by atoms with Gasteiger partial charge in [0, 0.05) is 12.1 Å². The van der Waals surface area contributed by atoms with E-state index in [4.69, 9.17) is 10.5 Å². The number of hydrogen-bond donors (Lipinski definition) is 2. The molecule has 0 heterocycles. The van der Waals surface area contributed by atoms with Crippen LogP contribution < -0.4 is 15.8 Å². The predicted molar refractivity (Wildman–Crippen MR) is 79.7 cm³/mol. The highest BCUT2D eigenvalue weighted by molar-refractivity contribution is 5.85. The lowest BCUT2D eigenvalue weighted by Crippen LogP contribution is -2.37. The van der Waals surface area contributed by atoms with Gasteiger partial charge >= 0.3 is 0 Å². The molecule has 1 aromatic carbocycles. The molecule has 19 heavy (non-hydrogen) atoms. The second kappa shape index (κ2) is 8.77. The lowest BCUT2D eigenvalue weighted by molar-refractivity contribution is -0.122. The number of nitrogens with two attached hydrogens (primary N) is 1. The third kappa shape index (κ3) is 5.94. The van der Waals surface area contributed by atoms with Gasteiger partial charge in [0.05, 0.1) is 12.6 Å². The number of aryl methyl sites for hydroxylation is 1. The van der Waals surface area contributed by atoms with Crippen LogP contribution in [0.3, 0.4) is 0 Å². The Bertz CT molecular complexity index is 408. The number of ether oxygens (including phenoxy) is 1. The van der Waals surface area contributed by atoms with E-state index in [0.29, 0.717) is 13.2 Å². The van der Waals surface area contributed by atoms with Gasteiger partial charge in [0.2, 0.25) is 5.91 Å². The minimum absolute atomic E-state index is 0. The summed E-state index contributed by atoms with van der Waals surface area (Å²) in [6.45, 7) is 6.87. The van der Waals surface area contributed by atoms with Crippen molar-refractivity contribution in [3.8, 4) is 5.75 Å². The van der Waals surface area contributed by atoms with Crippen LogP contribution in [-0.4, -0.2) is 18.6 Å². The molecule has 0 saturated carbocycles. The highest BCUT2D eigenvalue weighted by Gasteiger charge is 2.09. The maximum atomic E-state index is 11.4. The van der Waals surface area contributed by atoms with E-state index in [0.717, 1.165) is 23.3 Å². The molecule has 0 spiro atoms. The average Bonchev–Trinajstić information content (AvgIpc) is 2.34. The van der Waals surface area contributed by atoms with Crippen LogP contribution in [0.25, 0.3) is 0 Å². The Balaban J connectivity index is 0.00000324. The number of hydrogen-bond acceptors (Lipinski definition) is 3. The molecule has 0 bridgehead atoms. The SMILES string of the molecule is CCCOc1cc(C)ccc1CNC(=O)[C@@H](C)N.Cl. The fourth-order valence-electron chi connectivity index (χ4n) is 1.50. The zero-order valence-corrected chi connectivity index (χ0v) is 12.5. The summed E-state index contributed by atoms with van der Waals surface area (Å²) in [5.41, 5.74) is 7.62. The van der Waals surface area contributed by atoms with Crippen LogP contribution in [0.15, 0.2) is 18.2 Å². The van der Waals surface area contributed by atoms with Crippen molar-refractivity contribution in [1.29, 1.82) is 0 Å². The molecule has 1 amide bonds. The van der Waals surface area contributed by atoms with E-state index in [1.165, 1.54) is 0 Å². The van der Waals surface area contributed by atoms with Crippen molar-refractivity contribution in [3.63, 3.8) is 0 Å². The van der Waals surface area contributed by atoms with Crippen molar-refractivity contribution < 1.29 is 9.53 Å². The lowest BCUT2D eigenvalue weighted by atomic mass is 10.1. The summed E-state index contributed by atoms with van der Waals surface area (Å²) in [5, 5.41) is 2.79. The number of carbonyl (C=O) groups is 1. The van der Waals surface area contributed by atoms with Crippen LogP contribution >= 0.6 is 12.4 Å². The molecule has 0 saturated heterocycles. The Morgan fingerprint density at radius 1 is 1.47 bits per heavy atom. The first-order valence-corrected chi connectivity index (χ1v) is 6.30. The number of amides is 1. The van der Waals surface area contributed by atoms with Gasteiger partial charge in [0.1, 0.15) is 5.75 Å². The summed E-state index contributed by atoms with van der Waals surface area (Å²) >= 11 is 0. The molecular weight excluding hydrogens is 264 g/mol. The maximum absolute atomic E-state index is 11.4. The minimum atomic E-state index is -0.490. The standard InChI is InChI=1S/C14H22N2O2.ClH/c1-4-7-18-13-8-10(2)5-6-12(13)9-16-14(17)11(3)15;/h5-6,8,11H,4,7,9,15H2,1-3H3,(H,16,17);1H/t11-;/m1./s1. The first-order chi connectivity index (χ1) is 8.54. The van der Waals surface area contributed by atoms with E-state index < -0.39 is 6.04 Å². The number of carbonyl (C=O) groups excluding carboxylic acids is 1. The second-order valence-electron chi connectivity index (χ2n) is 4.47.